The van der Waals surface area contributed by atoms with Gasteiger partial charge >= 0.3 is 0 Å². The molecule has 3 aromatic rings. The van der Waals surface area contributed by atoms with Crippen molar-refractivity contribution >= 4 is 29.1 Å². The molecule has 0 unspecified atom stereocenters. The number of amides is 2. The lowest BCUT2D eigenvalue weighted by Gasteiger charge is -2.07. The lowest BCUT2D eigenvalue weighted by molar-refractivity contribution is 0.0998. The molecular formula is C18H16ClN5O3. The number of carbonyl (C=O) groups excluding carboxylic acids is 2. The van der Waals surface area contributed by atoms with Crippen LogP contribution in [0.5, 0.6) is 5.75 Å². The van der Waals surface area contributed by atoms with Crippen LogP contribution < -0.4 is 15.8 Å². The second-order valence-electron chi connectivity index (χ2n) is 5.65. The first kappa shape index (κ1) is 18.4. The van der Waals surface area contributed by atoms with Gasteiger partial charge in [0.25, 0.3) is 5.91 Å². The van der Waals surface area contributed by atoms with Crippen molar-refractivity contribution in [2.75, 3.05) is 12.4 Å². The Kier molecular flexibility index (Phi) is 5.09. The molecule has 0 fully saturated rings. The van der Waals surface area contributed by atoms with E-state index in [0.717, 1.165) is 0 Å². The first-order valence-electron chi connectivity index (χ1n) is 7.88. The number of aromatic nitrogens is 3. The number of nitrogens with two attached hydrogens (primary N) is 1. The van der Waals surface area contributed by atoms with Gasteiger partial charge in [0.05, 0.1) is 29.1 Å². The summed E-state index contributed by atoms with van der Waals surface area (Å²) in [5.41, 5.74) is 7.23. The second kappa shape index (κ2) is 7.46. The van der Waals surface area contributed by atoms with Gasteiger partial charge in [0.1, 0.15) is 5.75 Å². The van der Waals surface area contributed by atoms with Gasteiger partial charge < -0.3 is 15.8 Å². The predicted molar refractivity (Wildman–Crippen MR) is 101 cm³/mol. The second-order valence-corrected chi connectivity index (χ2v) is 6.06. The molecule has 27 heavy (non-hydrogen) atoms. The molecule has 3 N–H and O–H groups in total. The lowest BCUT2D eigenvalue weighted by Crippen LogP contribution is -2.15. The van der Waals surface area contributed by atoms with E-state index in [1.807, 2.05) is 18.2 Å². The molecule has 8 nitrogen and oxygen atoms in total. The highest BCUT2D eigenvalue weighted by Gasteiger charge is 2.18. The molecule has 1 heterocycles. The maximum Gasteiger partial charge on any atom is 0.278 e. The topological polar surface area (TPSA) is 112 Å². The van der Waals surface area contributed by atoms with Crippen LogP contribution in [0.2, 0.25) is 5.02 Å². The Bertz CT molecular complexity index is 1030. The van der Waals surface area contributed by atoms with Gasteiger partial charge in [0.15, 0.2) is 5.69 Å². The number of primary amides is 1. The summed E-state index contributed by atoms with van der Waals surface area (Å²) < 4.78 is 6.74. The molecule has 9 heteroatoms. The molecule has 2 aromatic carbocycles. The van der Waals surface area contributed by atoms with Crippen molar-refractivity contribution in [3.8, 4) is 11.4 Å². The van der Waals surface area contributed by atoms with Gasteiger partial charge in [-0.3, -0.25) is 9.59 Å². The first-order chi connectivity index (χ1) is 12.9. The average Bonchev–Trinajstić information content (AvgIpc) is 3.03. The van der Waals surface area contributed by atoms with E-state index < -0.39 is 11.8 Å². The molecule has 3 rings (SSSR count). The van der Waals surface area contributed by atoms with Gasteiger partial charge in [0.2, 0.25) is 5.91 Å². The van der Waals surface area contributed by atoms with Gasteiger partial charge in [-0.15, -0.1) is 5.10 Å². The number of nitrogens with zero attached hydrogens (tertiary/aromatic N) is 3. The Morgan fingerprint density at radius 1 is 1.22 bits per heavy atom. The SMILES string of the molecule is COc1cccc(-n2nnc(C(=O)Nc3ccc(C(N)=O)c(Cl)c3)c2C)c1. The maximum atomic E-state index is 12.5. The molecule has 0 saturated carbocycles. The Hall–Kier alpha value is -3.39. The van der Waals surface area contributed by atoms with Crippen LogP contribution in [0.25, 0.3) is 5.69 Å². The molecule has 0 saturated heterocycles. The van der Waals surface area contributed by atoms with Crippen LogP contribution in [0.1, 0.15) is 26.5 Å². The highest BCUT2D eigenvalue weighted by Crippen LogP contribution is 2.22. The van der Waals surface area contributed by atoms with Gasteiger partial charge in [-0.25, -0.2) is 4.68 Å². The summed E-state index contributed by atoms with van der Waals surface area (Å²) in [5.74, 6) is -0.433. The summed E-state index contributed by atoms with van der Waals surface area (Å²) in [6.07, 6.45) is 0. The Morgan fingerprint density at radius 2 is 2.00 bits per heavy atom. The van der Waals surface area contributed by atoms with Crippen molar-refractivity contribution in [3.05, 3.63) is 64.4 Å². The summed E-state index contributed by atoms with van der Waals surface area (Å²) in [4.78, 5) is 23.8. The fourth-order valence-electron chi connectivity index (χ4n) is 2.51. The Labute approximate surface area is 159 Å². The summed E-state index contributed by atoms with van der Waals surface area (Å²) in [6.45, 7) is 1.73. The van der Waals surface area contributed by atoms with Crippen LogP contribution in [0.3, 0.4) is 0 Å². The van der Waals surface area contributed by atoms with Crippen molar-refractivity contribution < 1.29 is 14.3 Å². The van der Waals surface area contributed by atoms with E-state index in [4.69, 9.17) is 22.1 Å². The Morgan fingerprint density at radius 3 is 2.67 bits per heavy atom. The monoisotopic (exact) mass is 385 g/mol. The van der Waals surface area contributed by atoms with E-state index in [9.17, 15) is 9.59 Å². The fourth-order valence-corrected chi connectivity index (χ4v) is 2.78. The molecule has 0 spiro atoms. The van der Waals surface area contributed by atoms with Crippen molar-refractivity contribution in [3.63, 3.8) is 0 Å². The molecule has 1 aromatic heterocycles. The molecule has 0 aliphatic carbocycles. The minimum atomic E-state index is -0.644. The number of methoxy groups -OCH3 is 1. The van der Waals surface area contributed by atoms with Crippen LogP contribution in [0.15, 0.2) is 42.5 Å². The number of hydrogen-bond donors (Lipinski definition) is 2. The zero-order chi connectivity index (χ0) is 19.6. The fraction of sp³-hybridized carbons (Fsp3) is 0.111. The van der Waals surface area contributed by atoms with E-state index in [0.29, 0.717) is 22.8 Å². The summed E-state index contributed by atoms with van der Waals surface area (Å²) >= 11 is 6.00. The number of benzene rings is 2. The summed E-state index contributed by atoms with van der Waals surface area (Å²) in [5, 5.41) is 10.8. The zero-order valence-electron chi connectivity index (χ0n) is 14.6. The van der Waals surface area contributed by atoms with E-state index >= 15 is 0 Å². The quantitative estimate of drug-likeness (QED) is 0.701. The van der Waals surface area contributed by atoms with Gasteiger partial charge in [-0.05, 0) is 37.3 Å². The number of anilines is 1. The standard InChI is InChI=1S/C18H16ClN5O3/c1-10-16(22-23-24(10)12-4-3-5-13(9-12)27-2)18(26)21-11-6-7-14(17(20)25)15(19)8-11/h3-9H,1-2H3,(H2,20,25)(H,21,26). The predicted octanol–water partition coefficient (Wildman–Crippen LogP) is 2.59. The highest BCUT2D eigenvalue weighted by molar-refractivity contribution is 6.34. The van der Waals surface area contributed by atoms with E-state index in [2.05, 4.69) is 15.6 Å². The largest absolute Gasteiger partial charge is 0.497 e. The number of rotatable bonds is 5. The third-order valence-corrected chi connectivity index (χ3v) is 4.21. The zero-order valence-corrected chi connectivity index (χ0v) is 15.3. The van der Waals surface area contributed by atoms with Gasteiger partial charge in [0, 0.05) is 11.8 Å². The Balaban J connectivity index is 1.85. The number of nitrogens with one attached hydrogen (secondary N) is 1. The molecular weight excluding hydrogens is 370 g/mol. The summed E-state index contributed by atoms with van der Waals surface area (Å²) in [7, 11) is 1.57. The molecule has 0 atom stereocenters. The molecule has 138 valence electrons. The number of halogens is 1. The van der Waals surface area contributed by atoms with Gasteiger partial charge in [-0.1, -0.05) is 22.9 Å². The van der Waals surface area contributed by atoms with Crippen LogP contribution in [-0.2, 0) is 0 Å². The normalized spacial score (nSPS) is 10.5. The third-order valence-electron chi connectivity index (χ3n) is 3.90. The van der Waals surface area contributed by atoms with Crippen LogP contribution in [0.4, 0.5) is 5.69 Å². The van der Waals surface area contributed by atoms with Crippen LogP contribution in [-0.4, -0.2) is 33.9 Å². The van der Waals surface area contributed by atoms with Crippen molar-refractivity contribution in [2.24, 2.45) is 5.73 Å². The van der Waals surface area contributed by atoms with Crippen molar-refractivity contribution in [1.82, 2.24) is 15.0 Å². The van der Waals surface area contributed by atoms with E-state index in [1.165, 1.54) is 18.2 Å². The summed E-state index contributed by atoms with van der Waals surface area (Å²) in [6, 6.07) is 11.7. The van der Waals surface area contributed by atoms with Crippen molar-refractivity contribution in [1.29, 1.82) is 0 Å². The number of carbonyl (C=O) groups is 2. The van der Waals surface area contributed by atoms with E-state index in [1.54, 1.807) is 24.8 Å². The minimum absolute atomic E-state index is 0.150. The maximum absolute atomic E-state index is 12.5. The average molecular weight is 386 g/mol. The lowest BCUT2D eigenvalue weighted by atomic mass is 10.2. The third kappa shape index (κ3) is 3.75. The van der Waals surface area contributed by atoms with Crippen LogP contribution >= 0.6 is 11.6 Å². The number of ether oxygens (including phenoxy) is 1. The molecule has 2 amide bonds. The molecule has 0 bridgehead atoms. The molecule has 0 aliphatic rings. The van der Waals surface area contributed by atoms with E-state index in [-0.39, 0.29) is 16.3 Å². The van der Waals surface area contributed by atoms with Gasteiger partial charge in [-0.2, -0.15) is 0 Å². The first-order valence-corrected chi connectivity index (χ1v) is 8.26. The van der Waals surface area contributed by atoms with Crippen molar-refractivity contribution in [2.45, 2.75) is 6.92 Å². The molecule has 0 aliphatic heterocycles. The highest BCUT2D eigenvalue weighted by atomic mass is 35.5. The molecule has 0 radical (unpaired) electrons. The van der Waals surface area contributed by atoms with Crippen LogP contribution in [0, 0.1) is 6.92 Å². The minimum Gasteiger partial charge on any atom is -0.497 e. The smallest absolute Gasteiger partial charge is 0.278 e. The number of hydrogen-bond acceptors (Lipinski definition) is 5.